The molecule has 2 heterocycles. The molecule has 20 heavy (non-hydrogen) atoms. The van der Waals surface area contributed by atoms with Gasteiger partial charge in [-0.2, -0.15) is 0 Å². The van der Waals surface area contributed by atoms with Gasteiger partial charge in [0.25, 0.3) is 0 Å². The molecule has 0 saturated carbocycles. The monoisotopic (exact) mass is 287 g/mol. The molecule has 0 unspecified atom stereocenters. The summed E-state index contributed by atoms with van der Waals surface area (Å²) in [5, 5.41) is 1.38. The van der Waals surface area contributed by atoms with Gasteiger partial charge < -0.3 is 9.30 Å². The average Bonchev–Trinajstić information content (AvgIpc) is 2.78. The Balaban J connectivity index is 2.29. The van der Waals surface area contributed by atoms with Gasteiger partial charge in [0.2, 0.25) is 5.28 Å². The third-order valence-corrected chi connectivity index (χ3v) is 3.58. The minimum absolute atomic E-state index is 0.260. The Bertz CT molecular complexity index is 795. The van der Waals surface area contributed by atoms with Crippen LogP contribution in [-0.4, -0.2) is 21.6 Å². The summed E-state index contributed by atoms with van der Waals surface area (Å²) < 4.78 is 7.33. The van der Waals surface area contributed by atoms with Crippen LogP contribution < -0.4 is 4.74 Å². The summed E-state index contributed by atoms with van der Waals surface area (Å²) in [5.74, 6) is 0.836. The molecule has 0 atom stereocenters. The number of hydrogen-bond acceptors (Lipinski definition) is 3. The molecule has 102 valence electrons. The minimum Gasteiger partial charge on any atom is -0.497 e. The van der Waals surface area contributed by atoms with E-state index in [1.54, 1.807) is 13.3 Å². The van der Waals surface area contributed by atoms with Crippen LogP contribution in [-0.2, 0) is 7.05 Å². The first-order chi connectivity index (χ1) is 9.60. The maximum atomic E-state index is 5.92. The van der Waals surface area contributed by atoms with E-state index in [1.807, 2.05) is 32.2 Å². The first-order valence-corrected chi connectivity index (χ1v) is 6.60. The van der Waals surface area contributed by atoms with Crippen molar-refractivity contribution >= 4 is 22.5 Å². The number of fused-ring (bicyclic) bond motifs is 1. The molecule has 0 spiro atoms. The lowest BCUT2D eigenvalue weighted by Crippen LogP contribution is -1.91. The van der Waals surface area contributed by atoms with Gasteiger partial charge in [0.1, 0.15) is 5.75 Å². The first kappa shape index (κ1) is 12.9. The van der Waals surface area contributed by atoms with Crippen molar-refractivity contribution in [3.05, 3.63) is 41.4 Å². The van der Waals surface area contributed by atoms with E-state index in [0.717, 1.165) is 33.5 Å². The van der Waals surface area contributed by atoms with Gasteiger partial charge in [-0.25, -0.2) is 9.97 Å². The van der Waals surface area contributed by atoms with Crippen LogP contribution in [0.25, 0.3) is 22.2 Å². The lowest BCUT2D eigenvalue weighted by molar-refractivity contribution is 0.415. The van der Waals surface area contributed by atoms with Crippen molar-refractivity contribution in [1.82, 2.24) is 14.5 Å². The topological polar surface area (TPSA) is 39.9 Å². The standard InChI is InChI=1S/C15H14ClN3O/c1-9-7-17-15(16)18-14(9)12-8-19(2)13-6-10(20-3)4-5-11(12)13/h4-8H,1-3H3. The SMILES string of the molecule is COc1ccc2c(-c3nc(Cl)ncc3C)cn(C)c2c1. The van der Waals surface area contributed by atoms with Crippen LogP contribution in [0, 0.1) is 6.92 Å². The van der Waals surface area contributed by atoms with Crippen LogP contribution >= 0.6 is 11.6 Å². The van der Waals surface area contributed by atoms with Crippen molar-refractivity contribution in [3.63, 3.8) is 0 Å². The smallest absolute Gasteiger partial charge is 0.222 e. The molecule has 0 fully saturated rings. The van der Waals surface area contributed by atoms with Crippen molar-refractivity contribution in [3.8, 4) is 17.0 Å². The predicted molar refractivity (Wildman–Crippen MR) is 80.2 cm³/mol. The number of nitrogens with zero attached hydrogens (tertiary/aromatic N) is 3. The first-order valence-electron chi connectivity index (χ1n) is 6.22. The largest absolute Gasteiger partial charge is 0.497 e. The van der Waals surface area contributed by atoms with Crippen LogP contribution in [0.15, 0.2) is 30.6 Å². The number of benzene rings is 1. The molecule has 0 bridgehead atoms. The Morgan fingerprint density at radius 3 is 2.85 bits per heavy atom. The fourth-order valence-electron chi connectivity index (χ4n) is 2.37. The van der Waals surface area contributed by atoms with Crippen molar-refractivity contribution in [1.29, 1.82) is 0 Å². The second-order valence-corrected chi connectivity index (χ2v) is 5.05. The van der Waals surface area contributed by atoms with E-state index in [9.17, 15) is 0 Å². The number of aryl methyl sites for hydroxylation is 2. The van der Waals surface area contributed by atoms with Crippen molar-refractivity contribution in [2.24, 2.45) is 7.05 Å². The van der Waals surface area contributed by atoms with Gasteiger partial charge in [-0.3, -0.25) is 0 Å². The van der Waals surface area contributed by atoms with E-state index in [0.29, 0.717) is 0 Å². The number of methoxy groups -OCH3 is 1. The fraction of sp³-hybridized carbons (Fsp3) is 0.200. The summed E-state index contributed by atoms with van der Waals surface area (Å²) in [5.41, 5.74) is 4.00. The summed E-state index contributed by atoms with van der Waals surface area (Å²) in [6.07, 6.45) is 3.79. The molecule has 3 rings (SSSR count). The van der Waals surface area contributed by atoms with Crippen LogP contribution in [0.3, 0.4) is 0 Å². The van der Waals surface area contributed by atoms with Gasteiger partial charge in [0, 0.05) is 36.5 Å². The zero-order valence-corrected chi connectivity index (χ0v) is 12.3. The van der Waals surface area contributed by atoms with Crippen LogP contribution in [0.4, 0.5) is 0 Å². The number of halogens is 1. The zero-order valence-electron chi connectivity index (χ0n) is 11.5. The number of aromatic nitrogens is 3. The summed E-state index contributed by atoms with van der Waals surface area (Å²) in [4.78, 5) is 8.37. The maximum Gasteiger partial charge on any atom is 0.222 e. The molecule has 0 radical (unpaired) electrons. The van der Waals surface area contributed by atoms with Crippen molar-refractivity contribution in [2.75, 3.05) is 7.11 Å². The van der Waals surface area contributed by atoms with Gasteiger partial charge in [-0.1, -0.05) is 0 Å². The minimum atomic E-state index is 0.260. The van der Waals surface area contributed by atoms with Crippen LogP contribution in [0.1, 0.15) is 5.56 Å². The van der Waals surface area contributed by atoms with Gasteiger partial charge >= 0.3 is 0 Å². The highest BCUT2D eigenvalue weighted by atomic mass is 35.5. The third-order valence-electron chi connectivity index (χ3n) is 3.40. The Morgan fingerprint density at radius 2 is 2.10 bits per heavy atom. The lowest BCUT2D eigenvalue weighted by Gasteiger charge is -2.04. The third kappa shape index (κ3) is 2.02. The molecular weight excluding hydrogens is 274 g/mol. The molecule has 1 aromatic carbocycles. The van der Waals surface area contributed by atoms with Gasteiger partial charge in [0.05, 0.1) is 18.3 Å². The highest BCUT2D eigenvalue weighted by Gasteiger charge is 2.13. The quantitative estimate of drug-likeness (QED) is 0.676. The molecule has 5 heteroatoms. The highest BCUT2D eigenvalue weighted by Crippen LogP contribution is 2.33. The number of rotatable bonds is 2. The van der Waals surface area contributed by atoms with Crippen LogP contribution in [0.2, 0.25) is 5.28 Å². The molecular formula is C15H14ClN3O. The molecule has 0 amide bonds. The Hall–Kier alpha value is -2.07. The average molecular weight is 288 g/mol. The van der Waals surface area contributed by atoms with E-state index in [-0.39, 0.29) is 5.28 Å². The summed E-state index contributed by atoms with van der Waals surface area (Å²) in [6.45, 7) is 1.98. The molecule has 0 aliphatic carbocycles. The van der Waals surface area contributed by atoms with Gasteiger partial charge in [0.15, 0.2) is 0 Å². The second-order valence-electron chi connectivity index (χ2n) is 4.71. The van der Waals surface area contributed by atoms with Crippen molar-refractivity contribution in [2.45, 2.75) is 6.92 Å². The van der Waals surface area contributed by atoms with E-state index >= 15 is 0 Å². The van der Waals surface area contributed by atoms with Crippen LogP contribution in [0.5, 0.6) is 5.75 Å². The van der Waals surface area contributed by atoms with Crippen molar-refractivity contribution < 1.29 is 4.74 Å². The highest BCUT2D eigenvalue weighted by molar-refractivity contribution is 6.28. The van der Waals surface area contributed by atoms with Gasteiger partial charge in [-0.05, 0) is 36.2 Å². The van der Waals surface area contributed by atoms with E-state index < -0.39 is 0 Å². The molecule has 2 aromatic heterocycles. The molecule has 0 saturated heterocycles. The van der Waals surface area contributed by atoms with E-state index in [1.165, 1.54) is 0 Å². The summed E-state index contributed by atoms with van der Waals surface area (Å²) >= 11 is 5.92. The molecule has 3 aromatic rings. The predicted octanol–water partition coefficient (Wildman–Crippen LogP) is 3.61. The number of hydrogen-bond donors (Lipinski definition) is 0. The summed E-state index contributed by atoms with van der Waals surface area (Å²) in [6, 6.07) is 6.00. The fourth-order valence-corrected chi connectivity index (χ4v) is 2.51. The zero-order chi connectivity index (χ0) is 14.3. The van der Waals surface area contributed by atoms with Gasteiger partial charge in [-0.15, -0.1) is 0 Å². The summed E-state index contributed by atoms with van der Waals surface area (Å²) in [7, 11) is 3.67. The molecule has 0 aliphatic rings. The maximum absolute atomic E-state index is 5.92. The normalized spacial score (nSPS) is 11.0. The Morgan fingerprint density at radius 1 is 1.30 bits per heavy atom. The van der Waals surface area contributed by atoms with E-state index in [4.69, 9.17) is 16.3 Å². The molecule has 4 nitrogen and oxygen atoms in total. The Kier molecular flexibility index (Phi) is 3.10. The van der Waals surface area contributed by atoms with E-state index in [2.05, 4.69) is 20.7 Å². The lowest BCUT2D eigenvalue weighted by atomic mass is 10.1. The Labute approximate surface area is 122 Å². The molecule has 0 N–H and O–H groups in total. The number of ether oxygens (including phenoxy) is 1. The second kappa shape index (κ2) is 4.80. The molecule has 0 aliphatic heterocycles.